The van der Waals surface area contributed by atoms with Gasteiger partial charge in [0.2, 0.25) is 0 Å². The quantitative estimate of drug-likeness (QED) is 0.397. The van der Waals surface area contributed by atoms with Gasteiger partial charge in [-0.05, 0) is 43.2 Å². The van der Waals surface area contributed by atoms with Gasteiger partial charge < -0.3 is 19.5 Å². The summed E-state index contributed by atoms with van der Waals surface area (Å²) in [6.07, 6.45) is 5.13. The number of pyridine rings is 1. The molecule has 0 aliphatic heterocycles. The predicted molar refractivity (Wildman–Crippen MR) is 130 cm³/mol. The van der Waals surface area contributed by atoms with Gasteiger partial charge in [-0.2, -0.15) is 0 Å². The van der Waals surface area contributed by atoms with Crippen LogP contribution in [0.3, 0.4) is 0 Å². The summed E-state index contributed by atoms with van der Waals surface area (Å²) in [5.74, 6) is 1.40. The fourth-order valence-corrected chi connectivity index (χ4v) is 3.68. The van der Waals surface area contributed by atoms with Gasteiger partial charge in [-0.1, -0.05) is 6.92 Å². The fraction of sp³-hybridized carbons (Fsp3) is 0.269. The maximum Gasteiger partial charge on any atom is 0.124 e. The van der Waals surface area contributed by atoms with Crippen LogP contribution in [0.4, 0.5) is 11.4 Å². The molecule has 0 amide bonds. The van der Waals surface area contributed by atoms with E-state index in [1.54, 1.807) is 20.4 Å². The highest BCUT2D eigenvalue weighted by molar-refractivity contribution is 5.82. The van der Waals surface area contributed by atoms with Crippen molar-refractivity contribution in [1.82, 2.24) is 15.0 Å². The van der Waals surface area contributed by atoms with Crippen LogP contribution in [0.15, 0.2) is 60.9 Å². The largest absolute Gasteiger partial charge is 0.497 e. The summed E-state index contributed by atoms with van der Waals surface area (Å²) in [6.45, 7) is 2.80. The average Bonchev–Trinajstić information content (AvgIpc) is 2.88. The van der Waals surface area contributed by atoms with Gasteiger partial charge >= 0.3 is 0 Å². The molecule has 7 heteroatoms. The Morgan fingerprint density at radius 3 is 2.27 bits per heavy atom. The van der Waals surface area contributed by atoms with Crippen molar-refractivity contribution < 1.29 is 14.6 Å². The van der Waals surface area contributed by atoms with Crippen molar-refractivity contribution in [1.29, 1.82) is 0 Å². The first kappa shape index (κ1) is 22.5. The number of anilines is 2. The summed E-state index contributed by atoms with van der Waals surface area (Å²) in [6, 6.07) is 15.8. The van der Waals surface area contributed by atoms with E-state index in [-0.39, 0.29) is 6.61 Å². The van der Waals surface area contributed by atoms with Crippen LogP contribution in [0, 0.1) is 0 Å². The minimum Gasteiger partial charge on any atom is -0.497 e. The number of nitrogens with zero attached hydrogens (tertiary/aromatic N) is 4. The average molecular weight is 445 g/mol. The SMILES string of the molecule is CCc1ccc(-c2cnc3ccc(N(CCCO)c4cc(OC)cc(OC)c4)cc3n2)cn1. The van der Waals surface area contributed by atoms with Crippen LogP contribution in [0.2, 0.25) is 0 Å². The highest BCUT2D eigenvalue weighted by Gasteiger charge is 2.14. The Morgan fingerprint density at radius 1 is 0.848 bits per heavy atom. The molecule has 2 aromatic heterocycles. The number of benzene rings is 2. The van der Waals surface area contributed by atoms with Crippen LogP contribution < -0.4 is 14.4 Å². The van der Waals surface area contributed by atoms with Crippen LogP contribution >= 0.6 is 0 Å². The highest BCUT2D eigenvalue weighted by Crippen LogP contribution is 2.34. The lowest BCUT2D eigenvalue weighted by Gasteiger charge is -2.26. The molecule has 2 heterocycles. The second-order valence-electron chi connectivity index (χ2n) is 7.62. The second kappa shape index (κ2) is 10.3. The molecule has 4 rings (SSSR count). The molecule has 0 spiro atoms. The number of ether oxygens (including phenoxy) is 2. The number of methoxy groups -OCH3 is 2. The minimum atomic E-state index is 0.0931. The zero-order valence-corrected chi connectivity index (χ0v) is 19.2. The third-order valence-corrected chi connectivity index (χ3v) is 5.51. The lowest BCUT2D eigenvalue weighted by Crippen LogP contribution is -2.19. The summed E-state index contributed by atoms with van der Waals surface area (Å²) in [4.78, 5) is 16.1. The van der Waals surface area contributed by atoms with Gasteiger partial charge in [-0.3, -0.25) is 9.97 Å². The van der Waals surface area contributed by atoms with Gasteiger partial charge in [0.1, 0.15) is 11.5 Å². The smallest absolute Gasteiger partial charge is 0.124 e. The van der Waals surface area contributed by atoms with Crippen molar-refractivity contribution in [3.8, 4) is 22.8 Å². The van der Waals surface area contributed by atoms with Crippen LogP contribution in [0.25, 0.3) is 22.3 Å². The number of aryl methyl sites for hydroxylation is 1. The van der Waals surface area contributed by atoms with Gasteiger partial charge in [0.05, 0.1) is 37.1 Å². The maximum absolute atomic E-state index is 9.48. The van der Waals surface area contributed by atoms with E-state index in [9.17, 15) is 5.11 Å². The van der Waals surface area contributed by atoms with Gasteiger partial charge in [0, 0.05) is 60.2 Å². The number of hydrogen-bond donors (Lipinski definition) is 1. The molecule has 7 nitrogen and oxygen atoms in total. The Kier molecular flexibility index (Phi) is 7.00. The molecule has 170 valence electrons. The number of aliphatic hydroxyl groups is 1. The zero-order chi connectivity index (χ0) is 23.2. The minimum absolute atomic E-state index is 0.0931. The first-order valence-electron chi connectivity index (χ1n) is 11.0. The lowest BCUT2D eigenvalue weighted by molar-refractivity contribution is 0.291. The van der Waals surface area contributed by atoms with Crippen molar-refractivity contribution in [3.05, 3.63) is 66.6 Å². The molecular formula is C26H28N4O3. The molecule has 0 atom stereocenters. The molecule has 0 bridgehead atoms. The Morgan fingerprint density at radius 2 is 1.64 bits per heavy atom. The van der Waals surface area contributed by atoms with Crippen molar-refractivity contribution in [2.45, 2.75) is 19.8 Å². The van der Waals surface area contributed by atoms with E-state index in [1.165, 1.54) is 0 Å². The summed E-state index contributed by atoms with van der Waals surface area (Å²) >= 11 is 0. The molecular weight excluding hydrogens is 416 g/mol. The molecule has 4 aromatic rings. The Balaban J connectivity index is 1.76. The highest BCUT2D eigenvalue weighted by atomic mass is 16.5. The molecule has 0 fully saturated rings. The number of aliphatic hydroxyl groups excluding tert-OH is 1. The summed E-state index contributed by atoms with van der Waals surface area (Å²) in [5.41, 5.74) is 6.20. The van der Waals surface area contributed by atoms with Gasteiger partial charge in [0.25, 0.3) is 0 Å². The monoisotopic (exact) mass is 444 g/mol. The van der Waals surface area contributed by atoms with E-state index in [1.807, 2.05) is 54.7 Å². The van der Waals surface area contributed by atoms with Crippen LogP contribution in [0.5, 0.6) is 11.5 Å². The van der Waals surface area contributed by atoms with E-state index >= 15 is 0 Å². The first-order valence-corrected chi connectivity index (χ1v) is 11.0. The molecule has 0 aliphatic carbocycles. The van der Waals surface area contributed by atoms with E-state index in [4.69, 9.17) is 14.5 Å². The normalized spacial score (nSPS) is 10.9. The molecule has 0 saturated carbocycles. The molecule has 0 aliphatic rings. The molecule has 1 N–H and O–H groups in total. The van der Waals surface area contributed by atoms with Gasteiger partial charge in [-0.15, -0.1) is 0 Å². The summed E-state index contributed by atoms with van der Waals surface area (Å²) < 4.78 is 10.9. The van der Waals surface area contributed by atoms with E-state index in [2.05, 4.69) is 21.8 Å². The van der Waals surface area contributed by atoms with Crippen molar-refractivity contribution in [2.24, 2.45) is 0 Å². The Labute approximate surface area is 193 Å². The second-order valence-corrected chi connectivity index (χ2v) is 7.62. The number of fused-ring (bicyclic) bond motifs is 1. The lowest BCUT2D eigenvalue weighted by atomic mass is 10.1. The maximum atomic E-state index is 9.48. The molecule has 2 aromatic carbocycles. The van der Waals surface area contributed by atoms with E-state index in [0.717, 1.165) is 45.8 Å². The van der Waals surface area contributed by atoms with Gasteiger partial charge in [0.15, 0.2) is 0 Å². The van der Waals surface area contributed by atoms with Crippen molar-refractivity contribution >= 4 is 22.4 Å². The Bertz CT molecular complexity index is 1210. The number of hydrogen-bond acceptors (Lipinski definition) is 7. The van der Waals surface area contributed by atoms with Crippen LogP contribution in [-0.2, 0) is 6.42 Å². The summed E-state index contributed by atoms with van der Waals surface area (Å²) in [7, 11) is 3.26. The van der Waals surface area contributed by atoms with E-state index in [0.29, 0.717) is 24.5 Å². The first-order chi connectivity index (χ1) is 16.1. The zero-order valence-electron chi connectivity index (χ0n) is 19.2. The third-order valence-electron chi connectivity index (χ3n) is 5.51. The van der Waals surface area contributed by atoms with E-state index < -0.39 is 0 Å². The third kappa shape index (κ3) is 5.04. The topological polar surface area (TPSA) is 80.6 Å². The van der Waals surface area contributed by atoms with Gasteiger partial charge in [-0.25, -0.2) is 4.98 Å². The summed E-state index contributed by atoms with van der Waals surface area (Å²) in [5, 5.41) is 9.48. The van der Waals surface area contributed by atoms with Crippen molar-refractivity contribution in [3.63, 3.8) is 0 Å². The molecule has 0 radical (unpaired) electrons. The predicted octanol–water partition coefficient (Wildman–Crippen LogP) is 4.79. The number of rotatable bonds is 9. The van der Waals surface area contributed by atoms with Crippen LogP contribution in [0.1, 0.15) is 19.0 Å². The standard InChI is InChI=1S/C26H28N4O3/c1-4-19-7-6-18(16-27-19)26-17-28-24-9-8-20(14-25(24)29-26)30(10-5-11-31)21-12-22(32-2)15-23(13-21)33-3/h6-9,12-17,31H,4-5,10-11H2,1-3H3. The fourth-order valence-electron chi connectivity index (χ4n) is 3.68. The molecule has 0 unspecified atom stereocenters. The van der Waals surface area contributed by atoms with Crippen molar-refractivity contribution in [2.75, 3.05) is 32.3 Å². The molecule has 33 heavy (non-hydrogen) atoms. The molecule has 0 saturated heterocycles. The Hall–Kier alpha value is -3.71. The van der Waals surface area contributed by atoms with Crippen LogP contribution in [-0.4, -0.2) is 47.4 Å². The number of aromatic nitrogens is 3.